The molecule has 24 heavy (non-hydrogen) atoms. The van der Waals surface area contributed by atoms with Gasteiger partial charge in [-0.25, -0.2) is 0 Å². The maximum atomic E-state index is 11.4. The SMILES string of the molecule is C=C/C=C(CC(=O)OC)\C(=C/C)C1=CCNCC1.CC.CC.CC. The number of nitrogens with one attached hydrogen (secondary N) is 1. The van der Waals surface area contributed by atoms with E-state index in [1.54, 1.807) is 6.08 Å². The molecule has 0 aliphatic carbocycles. The minimum Gasteiger partial charge on any atom is -0.469 e. The van der Waals surface area contributed by atoms with Crippen LogP contribution in [-0.4, -0.2) is 26.2 Å². The van der Waals surface area contributed by atoms with Gasteiger partial charge in [0.15, 0.2) is 0 Å². The van der Waals surface area contributed by atoms with Crippen LogP contribution in [0.25, 0.3) is 0 Å². The minimum atomic E-state index is -0.225. The van der Waals surface area contributed by atoms with Gasteiger partial charge in [0.05, 0.1) is 13.5 Å². The van der Waals surface area contributed by atoms with Crippen LogP contribution in [-0.2, 0) is 9.53 Å². The summed E-state index contributed by atoms with van der Waals surface area (Å²) < 4.78 is 4.74. The molecule has 0 aromatic rings. The van der Waals surface area contributed by atoms with Gasteiger partial charge >= 0.3 is 5.97 Å². The maximum Gasteiger partial charge on any atom is 0.309 e. The van der Waals surface area contributed by atoms with Crippen molar-refractivity contribution < 1.29 is 9.53 Å². The Hall–Kier alpha value is -1.61. The van der Waals surface area contributed by atoms with E-state index < -0.39 is 0 Å². The Morgan fingerprint density at radius 2 is 1.83 bits per heavy atom. The third-order valence-electron chi connectivity index (χ3n) is 2.93. The predicted molar refractivity (Wildman–Crippen MR) is 108 cm³/mol. The molecule has 1 aliphatic heterocycles. The zero-order valence-electron chi connectivity index (χ0n) is 17.2. The van der Waals surface area contributed by atoms with Crippen molar-refractivity contribution in [3.8, 4) is 0 Å². The maximum absolute atomic E-state index is 11.4. The number of rotatable bonds is 5. The van der Waals surface area contributed by atoms with Gasteiger partial charge in [-0.15, -0.1) is 0 Å². The molecule has 0 saturated carbocycles. The molecule has 0 amide bonds. The first-order valence-electron chi connectivity index (χ1n) is 9.18. The highest BCUT2D eigenvalue weighted by molar-refractivity contribution is 5.75. The highest BCUT2D eigenvalue weighted by Gasteiger charge is 2.14. The minimum absolute atomic E-state index is 0.225. The van der Waals surface area contributed by atoms with Crippen molar-refractivity contribution >= 4 is 5.97 Å². The van der Waals surface area contributed by atoms with Crippen LogP contribution in [0, 0.1) is 0 Å². The number of hydrogen-bond donors (Lipinski definition) is 1. The van der Waals surface area contributed by atoms with E-state index >= 15 is 0 Å². The van der Waals surface area contributed by atoms with Crippen LogP contribution in [0.3, 0.4) is 0 Å². The zero-order chi connectivity index (χ0) is 19.4. The van der Waals surface area contributed by atoms with E-state index in [-0.39, 0.29) is 12.4 Å². The standard InChI is InChI=1S/C15H21NO2.3C2H6/c1-4-6-13(11-15(17)18-3)14(5-2)12-7-9-16-10-8-12;3*1-2/h4-7,16H,1,8-11H2,2-3H3;3*1-2H3/b13-6-,14-5-;;;. The predicted octanol–water partition coefficient (Wildman–Crippen LogP) is 5.61. The first-order chi connectivity index (χ1) is 11.7. The van der Waals surface area contributed by atoms with Gasteiger partial charge in [-0.05, 0) is 36.6 Å². The van der Waals surface area contributed by atoms with E-state index in [9.17, 15) is 4.79 Å². The zero-order valence-corrected chi connectivity index (χ0v) is 17.2. The number of allylic oxidation sites excluding steroid dienone is 4. The fourth-order valence-corrected chi connectivity index (χ4v) is 2.06. The lowest BCUT2D eigenvalue weighted by molar-refractivity contribution is -0.139. The third kappa shape index (κ3) is 11.9. The molecule has 3 heteroatoms. The third-order valence-corrected chi connectivity index (χ3v) is 2.93. The molecule has 0 aromatic heterocycles. The summed E-state index contributed by atoms with van der Waals surface area (Å²) in [6.45, 7) is 19.6. The lowest BCUT2D eigenvalue weighted by atomic mass is 9.91. The second-order valence-corrected chi connectivity index (χ2v) is 4.07. The number of ether oxygens (including phenoxy) is 1. The fourth-order valence-electron chi connectivity index (χ4n) is 2.06. The molecule has 0 spiro atoms. The van der Waals surface area contributed by atoms with Crippen molar-refractivity contribution in [1.29, 1.82) is 0 Å². The normalized spacial score (nSPS) is 13.6. The van der Waals surface area contributed by atoms with E-state index in [0.717, 1.165) is 30.7 Å². The Bertz CT molecular complexity index is 404. The van der Waals surface area contributed by atoms with E-state index in [0.29, 0.717) is 0 Å². The first kappa shape index (κ1) is 27.2. The molecule has 0 bridgehead atoms. The fraction of sp³-hybridized carbons (Fsp3) is 0.571. The first-order valence-corrected chi connectivity index (χ1v) is 9.18. The number of esters is 1. The van der Waals surface area contributed by atoms with Gasteiger partial charge in [0, 0.05) is 6.54 Å². The molecule has 140 valence electrons. The Morgan fingerprint density at radius 3 is 2.21 bits per heavy atom. The topological polar surface area (TPSA) is 38.3 Å². The molecule has 1 N–H and O–H groups in total. The van der Waals surface area contributed by atoms with Gasteiger partial charge < -0.3 is 10.1 Å². The molecule has 0 unspecified atom stereocenters. The average molecular weight is 338 g/mol. The van der Waals surface area contributed by atoms with Crippen molar-refractivity contribution in [3.05, 3.63) is 47.6 Å². The molecule has 0 radical (unpaired) electrons. The van der Waals surface area contributed by atoms with Crippen molar-refractivity contribution in [3.63, 3.8) is 0 Å². The van der Waals surface area contributed by atoms with E-state index in [1.807, 2.05) is 54.5 Å². The summed E-state index contributed by atoms with van der Waals surface area (Å²) in [5.41, 5.74) is 3.38. The van der Waals surface area contributed by atoms with E-state index in [1.165, 1.54) is 12.7 Å². The number of carbonyl (C=O) groups is 1. The molecule has 1 heterocycles. The van der Waals surface area contributed by atoms with Crippen LogP contribution >= 0.6 is 0 Å². The molecule has 0 fully saturated rings. The van der Waals surface area contributed by atoms with Gasteiger partial charge in [0.25, 0.3) is 0 Å². The highest BCUT2D eigenvalue weighted by Crippen LogP contribution is 2.26. The summed E-state index contributed by atoms with van der Waals surface area (Å²) in [7, 11) is 1.41. The van der Waals surface area contributed by atoms with E-state index in [2.05, 4.69) is 24.0 Å². The summed E-state index contributed by atoms with van der Waals surface area (Å²) in [4.78, 5) is 11.4. The van der Waals surface area contributed by atoms with Crippen molar-refractivity contribution in [2.45, 2.75) is 61.3 Å². The van der Waals surface area contributed by atoms with Crippen molar-refractivity contribution in [2.75, 3.05) is 20.2 Å². The largest absolute Gasteiger partial charge is 0.469 e. The second kappa shape index (κ2) is 21.4. The summed E-state index contributed by atoms with van der Waals surface area (Å²) in [6, 6.07) is 0. The number of methoxy groups -OCH3 is 1. The van der Waals surface area contributed by atoms with Crippen LogP contribution in [0.2, 0.25) is 0 Å². The van der Waals surface area contributed by atoms with Crippen molar-refractivity contribution in [1.82, 2.24) is 5.32 Å². The Balaban J connectivity index is -0.000000659. The summed E-state index contributed by atoms with van der Waals surface area (Å²) in [5, 5.41) is 3.28. The summed E-state index contributed by atoms with van der Waals surface area (Å²) >= 11 is 0. The molecule has 0 atom stereocenters. The lowest BCUT2D eigenvalue weighted by Gasteiger charge is -2.19. The van der Waals surface area contributed by atoms with E-state index in [4.69, 9.17) is 4.74 Å². The molecular formula is C21H39NO2. The molecule has 1 aliphatic rings. The summed E-state index contributed by atoms with van der Waals surface area (Å²) in [5.74, 6) is -0.225. The molecule has 0 saturated heterocycles. The molecule has 1 rings (SSSR count). The Morgan fingerprint density at radius 1 is 1.25 bits per heavy atom. The Labute approximate surface area is 150 Å². The van der Waals surface area contributed by atoms with Crippen molar-refractivity contribution in [2.24, 2.45) is 0 Å². The van der Waals surface area contributed by atoms with Crippen LogP contribution < -0.4 is 5.32 Å². The van der Waals surface area contributed by atoms with Crippen LogP contribution in [0.15, 0.2) is 47.6 Å². The smallest absolute Gasteiger partial charge is 0.309 e. The molecule has 0 aromatic carbocycles. The van der Waals surface area contributed by atoms with Crippen LogP contribution in [0.1, 0.15) is 61.3 Å². The van der Waals surface area contributed by atoms with Crippen LogP contribution in [0.5, 0.6) is 0 Å². The van der Waals surface area contributed by atoms with Crippen LogP contribution in [0.4, 0.5) is 0 Å². The number of carbonyl (C=O) groups excluding carboxylic acids is 1. The number of hydrogen-bond acceptors (Lipinski definition) is 3. The highest BCUT2D eigenvalue weighted by atomic mass is 16.5. The molecular weight excluding hydrogens is 298 g/mol. The van der Waals surface area contributed by atoms with Gasteiger partial charge in [0.2, 0.25) is 0 Å². The average Bonchev–Trinajstić information content (AvgIpc) is 2.68. The quantitative estimate of drug-likeness (QED) is 0.523. The van der Waals surface area contributed by atoms with Gasteiger partial charge in [0.1, 0.15) is 0 Å². The summed E-state index contributed by atoms with van der Waals surface area (Å²) in [6.07, 6.45) is 9.09. The van der Waals surface area contributed by atoms with Gasteiger partial charge in [-0.1, -0.05) is 72.4 Å². The Kier molecular flexibility index (Phi) is 24.3. The lowest BCUT2D eigenvalue weighted by Crippen LogP contribution is -2.21. The van der Waals surface area contributed by atoms with Gasteiger partial charge in [-0.3, -0.25) is 4.79 Å². The molecule has 3 nitrogen and oxygen atoms in total. The second-order valence-electron chi connectivity index (χ2n) is 4.07. The monoisotopic (exact) mass is 337 g/mol. The van der Waals surface area contributed by atoms with Gasteiger partial charge in [-0.2, -0.15) is 0 Å².